The SMILES string of the molecule is [2H]C([2H])([2H])n1cnc2c1c(=O)n(C([2H])([2H])C([2H])([2H])C([2H])([2H])C([2H])([2H])C([2H])([2H])C([2H])([2H])[2H])c(=O)n2C([2H])([2H])[2H]. The Labute approximate surface area is 138 Å². The second-order valence-corrected chi connectivity index (χ2v) is 3.16. The van der Waals surface area contributed by atoms with Crippen LogP contribution < -0.4 is 11.2 Å². The van der Waals surface area contributed by atoms with Gasteiger partial charge < -0.3 is 4.57 Å². The lowest BCUT2D eigenvalue weighted by molar-refractivity contribution is 0.539. The summed E-state index contributed by atoms with van der Waals surface area (Å²) in [5.41, 5.74) is -6.46. The first kappa shape index (κ1) is 3.24. The van der Waals surface area contributed by atoms with Gasteiger partial charge in [-0.15, -0.1) is 0 Å². The van der Waals surface area contributed by atoms with E-state index in [0.717, 1.165) is 0 Å². The van der Waals surface area contributed by atoms with E-state index < -0.39 is 79.8 Å². The zero-order valence-corrected chi connectivity index (χ0v) is 9.18. The second kappa shape index (κ2) is 5.42. The molecule has 6 nitrogen and oxygen atoms in total. The Hall–Kier alpha value is -1.85. The Balaban J connectivity index is 3.10. The summed E-state index contributed by atoms with van der Waals surface area (Å²) < 4.78 is 146. The van der Waals surface area contributed by atoms with Gasteiger partial charge in [-0.1, -0.05) is 26.0 Å². The molecule has 104 valence electrons. The highest BCUT2D eigenvalue weighted by Gasteiger charge is 2.14. The monoisotopic (exact) mass is 283 g/mol. The molecule has 0 amide bonds. The predicted molar refractivity (Wildman–Crippen MR) is 74.4 cm³/mol. The van der Waals surface area contributed by atoms with Gasteiger partial charge in [0.05, 0.1) is 9.07 Å². The van der Waals surface area contributed by atoms with Crippen LogP contribution >= 0.6 is 0 Å². The zero-order chi connectivity index (χ0) is 30.5. The maximum absolute atomic E-state index is 13.3. The highest BCUT2D eigenvalue weighted by atomic mass is 16.2. The van der Waals surface area contributed by atoms with E-state index in [9.17, 15) is 9.59 Å². The molecule has 0 atom stereocenters. The fraction of sp³-hybridized carbons (Fsp3) is 0.615. The van der Waals surface area contributed by atoms with Crippen LogP contribution in [0.15, 0.2) is 15.9 Å². The molecular weight excluding hydrogens is 244 g/mol. The van der Waals surface area contributed by atoms with Gasteiger partial charge in [-0.3, -0.25) is 13.9 Å². The summed E-state index contributed by atoms with van der Waals surface area (Å²) in [6.07, 6.45) is -17.1. The van der Waals surface area contributed by atoms with Crippen molar-refractivity contribution in [3.05, 3.63) is 27.2 Å². The molecule has 0 saturated heterocycles. The predicted octanol–water partition coefficient (Wildman–Crippen LogP) is 1.01. The number of nitrogens with zero attached hydrogens (tertiary/aromatic N) is 4. The second-order valence-electron chi connectivity index (χ2n) is 3.16. The molecule has 0 saturated carbocycles. The molecule has 0 radical (unpaired) electrons. The molecule has 0 aliphatic heterocycles. The van der Waals surface area contributed by atoms with Crippen molar-refractivity contribution in [1.82, 2.24) is 18.7 Å². The Morgan fingerprint density at radius 2 is 2.21 bits per heavy atom. The molecular formula is C13H20N4O2. The first-order chi connectivity index (χ1) is 16.4. The van der Waals surface area contributed by atoms with Gasteiger partial charge in [-0.2, -0.15) is 0 Å². The number of aromatic nitrogens is 4. The van der Waals surface area contributed by atoms with Crippen LogP contribution in [0.2, 0.25) is 0 Å². The maximum Gasteiger partial charge on any atom is 0.332 e. The Kier molecular flexibility index (Phi) is 0.925. The maximum atomic E-state index is 13.3. The van der Waals surface area contributed by atoms with E-state index in [-0.39, 0.29) is 9.13 Å². The molecule has 2 rings (SSSR count). The van der Waals surface area contributed by atoms with Gasteiger partial charge in [0.25, 0.3) is 5.56 Å². The molecule has 0 aliphatic carbocycles. The molecule has 0 N–H and O–H groups in total. The molecule has 0 unspecified atom stereocenters. The lowest BCUT2D eigenvalue weighted by Crippen LogP contribution is -2.39. The first-order valence-corrected chi connectivity index (χ1v) is 4.69. The summed E-state index contributed by atoms with van der Waals surface area (Å²) in [7, 11) is 0. The smallest absolute Gasteiger partial charge is 0.328 e. The van der Waals surface area contributed by atoms with Crippen LogP contribution in [0.3, 0.4) is 0 Å². The largest absolute Gasteiger partial charge is 0.332 e. The Morgan fingerprint density at radius 1 is 1.32 bits per heavy atom. The van der Waals surface area contributed by atoms with Crippen LogP contribution in [-0.2, 0) is 20.4 Å². The van der Waals surface area contributed by atoms with Crippen molar-refractivity contribution in [2.24, 2.45) is 14.0 Å². The van der Waals surface area contributed by atoms with E-state index in [4.69, 9.17) is 26.0 Å². The summed E-state index contributed by atoms with van der Waals surface area (Å²) in [6.45, 7) is -15.2. The Bertz CT molecular complexity index is 1350. The molecule has 0 fully saturated rings. The van der Waals surface area contributed by atoms with Crippen LogP contribution in [0.1, 0.15) is 58.4 Å². The molecule has 6 heteroatoms. The molecule has 0 bridgehead atoms. The molecule has 0 aliphatic rings. The average molecular weight is 283 g/mol. The van der Waals surface area contributed by atoms with Crippen LogP contribution in [0.5, 0.6) is 0 Å². The number of fused-ring (bicyclic) bond motifs is 1. The molecule has 2 heterocycles. The minimum Gasteiger partial charge on any atom is -0.328 e. The van der Waals surface area contributed by atoms with Gasteiger partial charge in [-0.25, -0.2) is 9.78 Å². The summed E-state index contributed by atoms with van der Waals surface area (Å²) in [6, 6.07) is 0. The fourth-order valence-electron chi connectivity index (χ4n) is 1.33. The van der Waals surface area contributed by atoms with Crippen LogP contribution in [0, 0.1) is 0 Å². The normalized spacial score (nSPS) is 31.9. The van der Waals surface area contributed by atoms with Crippen molar-refractivity contribution in [2.45, 2.75) is 38.8 Å². The summed E-state index contributed by atoms with van der Waals surface area (Å²) in [4.78, 5) is 29.8. The van der Waals surface area contributed by atoms with Gasteiger partial charge in [0.15, 0.2) is 11.2 Å². The average Bonchev–Trinajstić information content (AvgIpc) is 3.10. The molecule has 2 aromatic rings. The van der Waals surface area contributed by atoms with Crippen molar-refractivity contribution < 1.29 is 26.0 Å². The van der Waals surface area contributed by atoms with Crippen molar-refractivity contribution in [3.8, 4) is 0 Å². The van der Waals surface area contributed by atoms with Crippen molar-refractivity contribution in [2.75, 3.05) is 0 Å². The van der Waals surface area contributed by atoms with Gasteiger partial charge in [-0.05, 0) is 6.37 Å². The van der Waals surface area contributed by atoms with E-state index in [1.165, 1.54) is 0 Å². The molecule has 0 aromatic carbocycles. The minimum atomic E-state index is -4.50. The van der Waals surface area contributed by atoms with Crippen LogP contribution in [0.25, 0.3) is 11.2 Å². The quantitative estimate of drug-likeness (QED) is 0.823. The third-order valence-electron chi connectivity index (χ3n) is 2.10. The standard InChI is InChI=1S/C13H20N4O2/c1-4-5-6-7-8-17-12(18)10-11(14-9-15(10)2)16(3)13(17)19/h9H,4-8H2,1-3H3/i1D3,2D3,3D3,4D2,5D2,6D2,7D2,8D2. The highest BCUT2D eigenvalue weighted by Crippen LogP contribution is 2.04. The van der Waals surface area contributed by atoms with E-state index in [0.29, 0.717) is 6.33 Å². The van der Waals surface area contributed by atoms with Crippen LogP contribution in [-0.4, -0.2) is 18.7 Å². The van der Waals surface area contributed by atoms with E-state index >= 15 is 0 Å². The minimum absolute atomic E-state index is 0.0790. The van der Waals surface area contributed by atoms with Gasteiger partial charge in [0.1, 0.15) is 0 Å². The number of imidazole rings is 1. The Morgan fingerprint density at radius 3 is 2.95 bits per heavy atom. The first-order valence-electron chi connectivity index (χ1n) is 14.2. The van der Waals surface area contributed by atoms with Crippen molar-refractivity contribution >= 4 is 11.2 Å². The van der Waals surface area contributed by atoms with E-state index in [1.54, 1.807) is 0 Å². The lowest BCUT2D eigenvalue weighted by Gasteiger charge is -2.08. The number of rotatable bonds is 5. The zero-order valence-electron chi connectivity index (χ0n) is 28.2. The van der Waals surface area contributed by atoms with Crippen LogP contribution in [0.4, 0.5) is 0 Å². The summed E-state index contributed by atoms with van der Waals surface area (Å²) in [5, 5.41) is 0. The fourth-order valence-corrected chi connectivity index (χ4v) is 1.33. The highest BCUT2D eigenvalue weighted by molar-refractivity contribution is 5.69. The topological polar surface area (TPSA) is 61.8 Å². The third kappa shape index (κ3) is 2.34. The van der Waals surface area contributed by atoms with Crippen molar-refractivity contribution in [3.63, 3.8) is 0 Å². The number of hydrogen-bond acceptors (Lipinski definition) is 3. The van der Waals surface area contributed by atoms with E-state index in [2.05, 4.69) is 4.98 Å². The van der Waals surface area contributed by atoms with Gasteiger partial charge in [0.2, 0.25) is 0 Å². The number of hydrogen-bond donors (Lipinski definition) is 0. The summed E-state index contributed by atoms with van der Waals surface area (Å²) in [5.74, 6) is 0. The molecule has 19 heavy (non-hydrogen) atoms. The lowest BCUT2D eigenvalue weighted by atomic mass is 10.2. The van der Waals surface area contributed by atoms with Gasteiger partial charge in [0, 0.05) is 43.8 Å². The number of aryl methyl sites for hydroxylation is 2. The third-order valence-corrected chi connectivity index (χ3v) is 2.10. The molecule has 0 spiro atoms. The summed E-state index contributed by atoms with van der Waals surface area (Å²) >= 11 is 0. The van der Waals surface area contributed by atoms with Crippen molar-refractivity contribution in [1.29, 1.82) is 0 Å². The molecule has 2 aromatic heterocycles. The van der Waals surface area contributed by atoms with E-state index in [1.807, 2.05) is 0 Å². The van der Waals surface area contributed by atoms with Gasteiger partial charge >= 0.3 is 5.69 Å².